The molecule has 10 nitrogen and oxygen atoms in total. The largest absolute Gasteiger partial charge is 0.462 e. The molecule has 1 amide bonds. The molecule has 3 heterocycles. The van der Waals surface area contributed by atoms with Gasteiger partial charge in [0.25, 0.3) is 0 Å². The topological polar surface area (TPSA) is 134 Å². The van der Waals surface area contributed by atoms with E-state index >= 15 is 0 Å². The fourth-order valence-corrected chi connectivity index (χ4v) is 5.24. The number of pyridine rings is 1. The SMILES string of the molecule is CCOC(=O)c1c(NC(=O)CSc2n[nH]c(N/N=C\c3ccncc3)n2)sc2c1CCCC2. The summed E-state index contributed by atoms with van der Waals surface area (Å²) in [6.45, 7) is 2.07. The Morgan fingerprint density at radius 2 is 2.12 bits per heavy atom. The van der Waals surface area contributed by atoms with Crippen LogP contribution in [0.15, 0.2) is 34.8 Å². The van der Waals surface area contributed by atoms with Crippen LogP contribution in [0.1, 0.15) is 46.1 Å². The first-order valence-corrected chi connectivity index (χ1v) is 12.3. The summed E-state index contributed by atoms with van der Waals surface area (Å²) in [5, 5.41) is 14.7. The number of nitrogens with one attached hydrogen (secondary N) is 3. The van der Waals surface area contributed by atoms with E-state index in [1.54, 1.807) is 25.5 Å². The van der Waals surface area contributed by atoms with Crippen LogP contribution in [0.5, 0.6) is 0 Å². The number of thioether (sulfide) groups is 1. The van der Waals surface area contributed by atoms with E-state index < -0.39 is 0 Å². The molecule has 0 spiro atoms. The predicted octanol–water partition coefficient (Wildman–Crippen LogP) is 3.49. The highest BCUT2D eigenvalue weighted by molar-refractivity contribution is 7.99. The maximum absolute atomic E-state index is 12.6. The van der Waals surface area contributed by atoms with Crippen molar-refractivity contribution in [2.24, 2.45) is 5.10 Å². The highest BCUT2D eigenvalue weighted by Gasteiger charge is 2.27. The lowest BCUT2D eigenvalue weighted by atomic mass is 9.95. The number of anilines is 2. The van der Waals surface area contributed by atoms with Crippen molar-refractivity contribution in [3.05, 3.63) is 46.1 Å². The van der Waals surface area contributed by atoms with Gasteiger partial charge in [-0.05, 0) is 55.9 Å². The van der Waals surface area contributed by atoms with E-state index in [0.29, 0.717) is 28.3 Å². The minimum absolute atomic E-state index is 0.0996. The Labute approximate surface area is 198 Å². The number of ether oxygens (including phenoxy) is 1. The van der Waals surface area contributed by atoms with Gasteiger partial charge >= 0.3 is 5.97 Å². The zero-order valence-electron chi connectivity index (χ0n) is 18.0. The molecule has 1 aliphatic rings. The Morgan fingerprint density at radius 3 is 2.94 bits per heavy atom. The molecule has 0 bridgehead atoms. The first-order valence-electron chi connectivity index (χ1n) is 10.5. The number of aryl methyl sites for hydroxylation is 1. The van der Waals surface area contributed by atoms with Gasteiger partial charge in [0.05, 0.1) is 24.1 Å². The Kier molecular flexibility index (Phi) is 7.68. The lowest BCUT2D eigenvalue weighted by molar-refractivity contribution is -0.113. The van der Waals surface area contributed by atoms with E-state index in [2.05, 4.69) is 36.0 Å². The molecule has 0 unspecified atom stereocenters. The van der Waals surface area contributed by atoms with Crippen LogP contribution in [-0.2, 0) is 22.4 Å². The summed E-state index contributed by atoms with van der Waals surface area (Å²) in [4.78, 5) is 34.5. The van der Waals surface area contributed by atoms with Gasteiger partial charge in [0, 0.05) is 17.3 Å². The maximum atomic E-state index is 12.6. The van der Waals surface area contributed by atoms with Crippen LogP contribution in [0.25, 0.3) is 0 Å². The minimum Gasteiger partial charge on any atom is -0.462 e. The number of esters is 1. The van der Waals surface area contributed by atoms with Crippen molar-refractivity contribution in [1.82, 2.24) is 20.2 Å². The van der Waals surface area contributed by atoms with Crippen LogP contribution in [0.2, 0.25) is 0 Å². The van der Waals surface area contributed by atoms with Crippen molar-refractivity contribution in [2.45, 2.75) is 37.8 Å². The zero-order valence-corrected chi connectivity index (χ0v) is 19.6. The fourth-order valence-electron chi connectivity index (χ4n) is 3.34. The normalized spacial score (nSPS) is 13.0. The molecular formula is C21H23N7O3S2. The number of hydrogen-bond donors (Lipinski definition) is 3. The van der Waals surface area contributed by atoms with Crippen molar-refractivity contribution in [3.8, 4) is 0 Å². The van der Waals surface area contributed by atoms with Gasteiger partial charge in [0.1, 0.15) is 5.00 Å². The number of thiophene rings is 1. The van der Waals surface area contributed by atoms with Crippen LogP contribution in [0.4, 0.5) is 10.9 Å². The van der Waals surface area contributed by atoms with Crippen LogP contribution in [-0.4, -0.2) is 50.6 Å². The minimum atomic E-state index is -0.378. The first-order chi connectivity index (χ1) is 16.1. The molecule has 0 aliphatic heterocycles. The molecular weight excluding hydrogens is 462 g/mol. The van der Waals surface area contributed by atoms with Gasteiger partial charge in [0.15, 0.2) is 0 Å². The predicted molar refractivity (Wildman–Crippen MR) is 128 cm³/mol. The van der Waals surface area contributed by atoms with Crippen molar-refractivity contribution >= 4 is 52.1 Å². The fraction of sp³-hybridized carbons (Fsp3) is 0.333. The second kappa shape index (κ2) is 11.1. The summed E-state index contributed by atoms with van der Waals surface area (Å²) >= 11 is 2.65. The van der Waals surface area contributed by atoms with Crippen molar-refractivity contribution in [1.29, 1.82) is 0 Å². The molecule has 0 aromatic carbocycles. The van der Waals surface area contributed by atoms with Crippen molar-refractivity contribution < 1.29 is 14.3 Å². The molecule has 3 aromatic rings. The van der Waals surface area contributed by atoms with Gasteiger partial charge in [-0.25, -0.2) is 15.3 Å². The summed E-state index contributed by atoms with van der Waals surface area (Å²) in [6, 6.07) is 3.64. The van der Waals surface area contributed by atoms with Crippen molar-refractivity contribution in [2.75, 3.05) is 23.1 Å². The van der Waals surface area contributed by atoms with Gasteiger partial charge in [-0.15, -0.1) is 16.4 Å². The Morgan fingerprint density at radius 1 is 1.30 bits per heavy atom. The van der Waals surface area contributed by atoms with Gasteiger partial charge in [-0.1, -0.05) is 11.8 Å². The summed E-state index contributed by atoms with van der Waals surface area (Å²) < 4.78 is 5.23. The molecule has 3 aromatic heterocycles. The molecule has 12 heteroatoms. The number of carbonyl (C=O) groups excluding carboxylic acids is 2. The number of aromatic nitrogens is 4. The number of nitrogens with zero attached hydrogens (tertiary/aromatic N) is 4. The van der Waals surface area contributed by atoms with Gasteiger partial charge in [-0.2, -0.15) is 10.1 Å². The molecule has 0 saturated heterocycles. The lowest BCUT2D eigenvalue weighted by Crippen LogP contribution is -2.17. The van der Waals surface area contributed by atoms with E-state index in [4.69, 9.17) is 4.74 Å². The third kappa shape index (κ3) is 5.96. The second-order valence-corrected chi connectivity index (χ2v) is 9.14. The molecule has 3 N–H and O–H groups in total. The second-order valence-electron chi connectivity index (χ2n) is 7.09. The lowest BCUT2D eigenvalue weighted by Gasteiger charge is -2.12. The summed E-state index contributed by atoms with van der Waals surface area (Å²) in [5.41, 5.74) is 5.17. The van der Waals surface area contributed by atoms with Gasteiger partial charge < -0.3 is 10.1 Å². The van der Waals surface area contributed by atoms with E-state index in [1.165, 1.54) is 23.1 Å². The molecule has 4 rings (SSSR count). The summed E-state index contributed by atoms with van der Waals surface area (Å²) in [6.07, 6.45) is 8.87. The van der Waals surface area contributed by atoms with E-state index in [0.717, 1.165) is 41.7 Å². The molecule has 1 aliphatic carbocycles. The Balaban J connectivity index is 1.33. The number of H-pyrrole nitrogens is 1. The number of carbonyl (C=O) groups is 2. The molecule has 172 valence electrons. The van der Waals surface area contributed by atoms with E-state index in [1.807, 2.05) is 12.1 Å². The highest BCUT2D eigenvalue weighted by Crippen LogP contribution is 2.38. The average molecular weight is 486 g/mol. The standard InChI is InChI=1S/C21H23N7O3S2/c1-2-31-19(30)17-14-5-3-4-6-15(14)33-18(17)24-16(29)12-32-21-25-20(27-28-21)26-23-11-13-7-9-22-10-8-13/h7-11H,2-6,12H2,1H3,(H,24,29)(H2,25,26,27,28)/b23-11-. The number of amides is 1. The van der Waals surface area contributed by atoms with Crippen LogP contribution < -0.4 is 10.7 Å². The maximum Gasteiger partial charge on any atom is 0.341 e. The smallest absolute Gasteiger partial charge is 0.341 e. The molecule has 33 heavy (non-hydrogen) atoms. The van der Waals surface area contributed by atoms with E-state index in [9.17, 15) is 9.59 Å². The van der Waals surface area contributed by atoms with Crippen LogP contribution in [0, 0.1) is 0 Å². The summed E-state index contributed by atoms with van der Waals surface area (Å²) in [5.74, 6) is -0.155. The van der Waals surface area contributed by atoms with Crippen LogP contribution in [0.3, 0.4) is 0 Å². The molecule has 0 radical (unpaired) electrons. The monoisotopic (exact) mass is 485 g/mol. The number of aromatic amines is 1. The Bertz CT molecular complexity index is 1140. The van der Waals surface area contributed by atoms with E-state index in [-0.39, 0.29) is 17.6 Å². The highest BCUT2D eigenvalue weighted by atomic mass is 32.2. The number of hydrazone groups is 1. The number of rotatable bonds is 9. The quantitative estimate of drug-likeness (QED) is 0.181. The third-order valence-corrected chi connectivity index (χ3v) is 6.85. The first kappa shape index (κ1) is 22.9. The number of fused-ring (bicyclic) bond motifs is 1. The van der Waals surface area contributed by atoms with Gasteiger partial charge in [-0.3, -0.25) is 9.78 Å². The third-order valence-electron chi connectivity index (χ3n) is 4.79. The Hall–Kier alpha value is -3.25. The average Bonchev–Trinajstić information content (AvgIpc) is 3.42. The summed E-state index contributed by atoms with van der Waals surface area (Å²) in [7, 11) is 0. The molecule has 0 fully saturated rings. The van der Waals surface area contributed by atoms with Crippen molar-refractivity contribution in [3.63, 3.8) is 0 Å². The number of hydrogen-bond acceptors (Lipinski definition) is 10. The van der Waals surface area contributed by atoms with Crippen LogP contribution >= 0.6 is 23.1 Å². The molecule has 0 atom stereocenters. The molecule has 0 saturated carbocycles. The zero-order chi connectivity index (χ0) is 23.0. The van der Waals surface area contributed by atoms with Gasteiger partial charge in [0.2, 0.25) is 17.0 Å².